The highest BCUT2D eigenvalue weighted by atomic mass is 35.5. The molecule has 1 amide bonds. The van der Waals surface area contributed by atoms with E-state index in [1.54, 1.807) is 0 Å². The van der Waals surface area contributed by atoms with E-state index < -0.39 is 0 Å². The highest BCUT2D eigenvalue weighted by molar-refractivity contribution is 5.85. The van der Waals surface area contributed by atoms with Gasteiger partial charge in [0.2, 0.25) is 5.91 Å². The fourth-order valence-corrected chi connectivity index (χ4v) is 3.49. The quantitative estimate of drug-likeness (QED) is 0.824. The Balaban J connectivity index is 0.00000225. The lowest BCUT2D eigenvalue weighted by atomic mass is 9.84. The minimum Gasteiger partial charge on any atom is -0.441 e. The van der Waals surface area contributed by atoms with E-state index in [9.17, 15) is 4.79 Å². The number of aryl methyl sites for hydroxylation is 1. The lowest BCUT2D eigenvalue weighted by molar-refractivity contribution is -0.122. The molecule has 2 aromatic rings. The molecular formula is C19H28ClN3O2. The molecule has 1 aliphatic rings. The van der Waals surface area contributed by atoms with Crippen LogP contribution in [0.3, 0.4) is 0 Å². The topological polar surface area (TPSA) is 67.2 Å². The van der Waals surface area contributed by atoms with E-state index >= 15 is 0 Å². The highest BCUT2D eigenvalue weighted by Gasteiger charge is 2.21. The van der Waals surface area contributed by atoms with Crippen LogP contribution in [0.1, 0.15) is 37.6 Å². The van der Waals surface area contributed by atoms with Crippen LogP contribution in [0.25, 0.3) is 11.1 Å². The molecule has 0 saturated carbocycles. The van der Waals surface area contributed by atoms with Gasteiger partial charge in [0.15, 0.2) is 11.5 Å². The van der Waals surface area contributed by atoms with E-state index in [0.717, 1.165) is 29.8 Å². The molecular weight excluding hydrogens is 338 g/mol. The maximum Gasteiger partial charge on any atom is 0.220 e. The smallest absolute Gasteiger partial charge is 0.220 e. The van der Waals surface area contributed by atoms with Crippen molar-refractivity contribution < 1.29 is 9.21 Å². The number of fused-ring (bicyclic) bond motifs is 1. The summed E-state index contributed by atoms with van der Waals surface area (Å²) >= 11 is 0. The SMILES string of the molecule is Cc1cccc2oc(CCNC(=O)CC(C)C3CCNCC3)nc12.Cl. The van der Waals surface area contributed by atoms with Crippen molar-refractivity contribution in [3.8, 4) is 0 Å². The van der Waals surface area contributed by atoms with Gasteiger partial charge in [0.25, 0.3) is 0 Å². The molecule has 1 aliphatic heterocycles. The molecule has 1 unspecified atom stereocenters. The Morgan fingerprint density at radius 1 is 1.40 bits per heavy atom. The first-order valence-corrected chi connectivity index (χ1v) is 8.96. The minimum atomic E-state index is 0. The Bertz CT molecular complexity index is 695. The van der Waals surface area contributed by atoms with Crippen LogP contribution in [-0.4, -0.2) is 30.5 Å². The Labute approximate surface area is 155 Å². The number of amides is 1. The second kappa shape index (κ2) is 9.20. The zero-order valence-corrected chi connectivity index (χ0v) is 15.8. The summed E-state index contributed by atoms with van der Waals surface area (Å²) in [7, 11) is 0. The second-order valence-electron chi connectivity index (χ2n) is 6.90. The number of nitrogens with one attached hydrogen (secondary N) is 2. The molecule has 1 fully saturated rings. The zero-order chi connectivity index (χ0) is 16.9. The van der Waals surface area contributed by atoms with Crippen LogP contribution in [0.5, 0.6) is 0 Å². The van der Waals surface area contributed by atoms with Gasteiger partial charge in [-0.2, -0.15) is 0 Å². The lowest BCUT2D eigenvalue weighted by Crippen LogP contribution is -2.34. The third-order valence-corrected chi connectivity index (χ3v) is 5.02. The summed E-state index contributed by atoms with van der Waals surface area (Å²) in [6.45, 7) is 6.95. The van der Waals surface area contributed by atoms with Crippen LogP contribution < -0.4 is 10.6 Å². The van der Waals surface area contributed by atoms with E-state index in [1.807, 2.05) is 25.1 Å². The molecule has 2 N–H and O–H groups in total. The summed E-state index contributed by atoms with van der Waals surface area (Å²) < 4.78 is 5.74. The molecule has 138 valence electrons. The van der Waals surface area contributed by atoms with Crippen molar-refractivity contribution in [1.82, 2.24) is 15.6 Å². The van der Waals surface area contributed by atoms with E-state index in [1.165, 1.54) is 12.8 Å². The largest absolute Gasteiger partial charge is 0.441 e. The van der Waals surface area contributed by atoms with Crippen LogP contribution in [0.4, 0.5) is 0 Å². The standard InChI is InChI=1S/C19H27N3O2.ClH/c1-13-4-3-5-16-19(13)22-18(24-16)8-11-21-17(23)12-14(2)15-6-9-20-10-7-15;/h3-5,14-15,20H,6-12H2,1-2H3,(H,21,23);1H. The van der Waals surface area contributed by atoms with E-state index in [2.05, 4.69) is 22.5 Å². The van der Waals surface area contributed by atoms with Crippen molar-refractivity contribution in [3.05, 3.63) is 29.7 Å². The van der Waals surface area contributed by atoms with Crippen molar-refractivity contribution in [2.24, 2.45) is 11.8 Å². The van der Waals surface area contributed by atoms with Crippen molar-refractivity contribution >= 4 is 29.4 Å². The van der Waals surface area contributed by atoms with Gasteiger partial charge < -0.3 is 15.1 Å². The molecule has 0 spiro atoms. The molecule has 1 atom stereocenters. The van der Waals surface area contributed by atoms with Gasteiger partial charge in [0, 0.05) is 19.4 Å². The molecule has 6 heteroatoms. The fraction of sp³-hybridized carbons (Fsp3) is 0.579. The molecule has 0 aliphatic carbocycles. The number of halogens is 1. The number of carbonyl (C=O) groups is 1. The Morgan fingerprint density at radius 3 is 2.88 bits per heavy atom. The summed E-state index contributed by atoms with van der Waals surface area (Å²) in [4.78, 5) is 16.7. The number of nitrogens with zero attached hydrogens (tertiary/aromatic N) is 1. The van der Waals surface area contributed by atoms with Gasteiger partial charge in [-0.05, 0) is 56.3 Å². The van der Waals surface area contributed by atoms with Gasteiger partial charge in [-0.1, -0.05) is 19.1 Å². The summed E-state index contributed by atoms with van der Waals surface area (Å²) in [5.41, 5.74) is 2.84. The molecule has 3 rings (SSSR count). The minimum absolute atomic E-state index is 0. The summed E-state index contributed by atoms with van der Waals surface area (Å²) in [5, 5.41) is 6.38. The van der Waals surface area contributed by atoms with Gasteiger partial charge in [0.05, 0.1) is 0 Å². The van der Waals surface area contributed by atoms with Crippen molar-refractivity contribution in [2.75, 3.05) is 19.6 Å². The number of hydrogen-bond donors (Lipinski definition) is 2. The number of carbonyl (C=O) groups excluding carboxylic acids is 1. The Kier molecular flexibility index (Phi) is 7.26. The second-order valence-corrected chi connectivity index (χ2v) is 6.90. The first-order chi connectivity index (χ1) is 11.6. The van der Waals surface area contributed by atoms with Crippen molar-refractivity contribution in [2.45, 2.75) is 39.5 Å². The van der Waals surface area contributed by atoms with Gasteiger partial charge >= 0.3 is 0 Å². The molecule has 0 radical (unpaired) electrons. The zero-order valence-electron chi connectivity index (χ0n) is 15.0. The Morgan fingerprint density at radius 2 is 2.16 bits per heavy atom. The molecule has 1 saturated heterocycles. The molecule has 2 heterocycles. The summed E-state index contributed by atoms with van der Waals surface area (Å²) in [6.07, 6.45) is 3.59. The van der Waals surface area contributed by atoms with E-state index in [4.69, 9.17) is 4.42 Å². The average Bonchev–Trinajstić information content (AvgIpc) is 3.00. The molecule has 5 nitrogen and oxygen atoms in total. The van der Waals surface area contributed by atoms with Crippen LogP contribution in [-0.2, 0) is 11.2 Å². The predicted octanol–water partition coefficient (Wildman–Crippen LogP) is 3.24. The van der Waals surface area contributed by atoms with Gasteiger partial charge in [-0.3, -0.25) is 4.79 Å². The number of para-hydroxylation sites is 1. The van der Waals surface area contributed by atoms with Crippen molar-refractivity contribution in [3.63, 3.8) is 0 Å². The summed E-state index contributed by atoms with van der Waals surface area (Å²) in [5.74, 6) is 1.93. The lowest BCUT2D eigenvalue weighted by Gasteiger charge is -2.27. The van der Waals surface area contributed by atoms with Crippen LogP contribution >= 0.6 is 12.4 Å². The summed E-state index contributed by atoms with van der Waals surface area (Å²) in [6, 6.07) is 5.92. The maximum atomic E-state index is 12.1. The molecule has 25 heavy (non-hydrogen) atoms. The predicted molar refractivity (Wildman–Crippen MR) is 102 cm³/mol. The average molecular weight is 366 g/mol. The van der Waals surface area contributed by atoms with Gasteiger partial charge in [0.1, 0.15) is 5.52 Å². The van der Waals surface area contributed by atoms with E-state index in [0.29, 0.717) is 37.1 Å². The number of piperidine rings is 1. The maximum absolute atomic E-state index is 12.1. The monoisotopic (exact) mass is 365 g/mol. The third-order valence-electron chi connectivity index (χ3n) is 5.02. The number of aromatic nitrogens is 1. The van der Waals surface area contributed by atoms with E-state index in [-0.39, 0.29) is 18.3 Å². The number of benzene rings is 1. The number of hydrogen-bond acceptors (Lipinski definition) is 4. The molecule has 1 aromatic carbocycles. The van der Waals surface area contributed by atoms with Gasteiger partial charge in [-0.15, -0.1) is 12.4 Å². The number of oxazole rings is 1. The molecule has 1 aromatic heterocycles. The number of rotatable bonds is 6. The fourth-order valence-electron chi connectivity index (χ4n) is 3.49. The van der Waals surface area contributed by atoms with Crippen molar-refractivity contribution in [1.29, 1.82) is 0 Å². The van der Waals surface area contributed by atoms with Crippen LogP contribution in [0, 0.1) is 18.8 Å². The molecule has 0 bridgehead atoms. The normalized spacial score (nSPS) is 16.4. The Hall–Kier alpha value is -1.59. The highest BCUT2D eigenvalue weighted by Crippen LogP contribution is 2.24. The third kappa shape index (κ3) is 5.19. The first kappa shape index (κ1) is 19.7. The van der Waals surface area contributed by atoms with Gasteiger partial charge in [-0.25, -0.2) is 4.98 Å². The van der Waals surface area contributed by atoms with Crippen LogP contribution in [0.2, 0.25) is 0 Å². The van der Waals surface area contributed by atoms with Crippen LogP contribution in [0.15, 0.2) is 22.6 Å². The first-order valence-electron chi connectivity index (χ1n) is 8.96.